The van der Waals surface area contributed by atoms with E-state index in [4.69, 9.17) is 13.5 Å². The van der Waals surface area contributed by atoms with Gasteiger partial charge in [-0.1, -0.05) is 12.1 Å². The van der Waals surface area contributed by atoms with Gasteiger partial charge in [0, 0.05) is 0 Å². The highest BCUT2D eigenvalue weighted by Gasteiger charge is 2.05. The minimum Gasteiger partial charge on any atom is -0.508 e. The molecule has 110 valence electrons. The van der Waals surface area contributed by atoms with E-state index >= 15 is 0 Å². The Balaban J connectivity index is 1.86. The number of hydrogen-bond acceptors (Lipinski definition) is 6. The first-order valence-corrected chi connectivity index (χ1v) is 6.80. The third kappa shape index (κ3) is 4.92. The minimum absolute atomic E-state index is 0.170. The number of methoxy groups -OCH3 is 1. The first kappa shape index (κ1) is 15.1. The average molecular weight is 306 g/mol. The number of esters is 1. The quantitative estimate of drug-likeness (QED) is 0.653. The van der Waals surface area contributed by atoms with Crippen molar-refractivity contribution in [1.82, 2.24) is 0 Å². The van der Waals surface area contributed by atoms with Crippen LogP contribution in [0.25, 0.3) is 0 Å². The number of rotatable bonds is 6. The molecule has 0 bridgehead atoms. The maximum Gasteiger partial charge on any atom is 0.309 e. The van der Waals surface area contributed by atoms with E-state index in [1.165, 1.54) is 19.2 Å². The zero-order valence-electron chi connectivity index (χ0n) is 11.3. The lowest BCUT2D eigenvalue weighted by Gasteiger charge is -2.06. The van der Waals surface area contributed by atoms with Crippen molar-refractivity contribution < 1.29 is 23.0 Å². The number of phenols is 1. The lowest BCUT2D eigenvalue weighted by atomic mass is 10.1. The summed E-state index contributed by atoms with van der Waals surface area (Å²) in [5.41, 5.74) is 0.796. The summed E-state index contributed by atoms with van der Waals surface area (Å²) in [6.07, 6.45) is 0.192. The topological polar surface area (TPSA) is 65.0 Å². The van der Waals surface area contributed by atoms with Crippen molar-refractivity contribution >= 4 is 18.3 Å². The summed E-state index contributed by atoms with van der Waals surface area (Å²) in [4.78, 5) is 11.2. The molecule has 0 spiro atoms. The van der Waals surface area contributed by atoms with Crippen molar-refractivity contribution in [3.8, 4) is 17.2 Å². The molecule has 5 nitrogen and oxygen atoms in total. The molecule has 0 saturated carbocycles. The highest BCUT2D eigenvalue weighted by Crippen LogP contribution is 2.23. The number of hydrogen-bond donors (Lipinski definition) is 1. The summed E-state index contributed by atoms with van der Waals surface area (Å²) in [7, 11) is 1.35. The van der Waals surface area contributed by atoms with Crippen LogP contribution in [0.4, 0.5) is 0 Å². The molecule has 0 amide bonds. The van der Waals surface area contributed by atoms with Gasteiger partial charge in [0.05, 0.1) is 13.5 Å². The predicted molar refractivity (Wildman–Crippen MR) is 79.1 cm³/mol. The first-order valence-electron chi connectivity index (χ1n) is 6.13. The molecule has 0 fully saturated rings. The van der Waals surface area contributed by atoms with Crippen LogP contribution in [0.3, 0.4) is 0 Å². The molecule has 0 unspecified atom stereocenters. The van der Waals surface area contributed by atoms with Crippen LogP contribution in [-0.4, -0.2) is 18.2 Å². The fraction of sp³-hybridized carbons (Fsp3) is 0.133. The summed E-state index contributed by atoms with van der Waals surface area (Å²) >= 11 is 0.801. The molecule has 0 aromatic heterocycles. The largest absolute Gasteiger partial charge is 0.508 e. The number of carbonyl (C=O) groups excluding carboxylic acids is 1. The van der Waals surface area contributed by atoms with Gasteiger partial charge in [0.1, 0.15) is 17.2 Å². The number of aromatic hydroxyl groups is 1. The van der Waals surface area contributed by atoms with Gasteiger partial charge in [-0.2, -0.15) is 0 Å². The molecule has 2 aromatic carbocycles. The van der Waals surface area contributed by atoms with Crippen molar-refractivity contribution in [3.05, 3.63) is 54.1 Å². The Morgan fingerprint density at radius 1 is 1.10 bits per heavy atom. The van der Waals surface area contributed by atoms with Crippen LogP contribution in [0.1, 0.15) is 5.56 Å². The lowest BCUT2D eigenvalue weighted by Crippen LogP contribution is -2.04. The summed E-state index contributed by atoms with van der Waals surface area (Å²) in [5, 5.41) is 9.15. The lowest BCUT2D eigenvalue weighted by molar-refractivity contribution is -0.139. The van der Waals surface area contributed by atoms with Gasteiger partial charge < -0.3 is 18.2 Å². The Labute approximate surface area is 126 Å². The van der Waals surface area contributed by atoms with Gasteiger partial charge >= 0.3 is 5.97 Å². The minimum atomic E-state index is -0.305. The van der Waals surface area contributed by atoms with Gasteiger partial charge in [-0.3, -0.25) is 4.79 Å². The number of phenolic OH excluding ortho intramolecular Hbond substituents is 1. The second-order valence-corrected chi connectivity index (χ2v) is 4.60. The zero-order chi connectivity index (χ0) is 15.1. The molecule has 0 aliphatic rings. The molecular formula is C15H14O5S. The number of carbonyl (C=O) groups is 1. The summed E-state index contributed by atoms with van der Waals surface area (Å²) in [5.74, 6) is 0.993. The molecule has 0 radical (unpaired) electrons. The monoisotopic (exact) mass is 306 g/mol. The van der Waals surface area contributed by atoms with Crippen molar-refractivity contribution in [2.75, 3.05) is 7.11 Å². The highest BCUT2D eigenvalue weighted by molar-refractivity contribution is 7.90. The standard InChI is InChI=1S/C15H14O5S/c1-18-15(17)10-11-3-2-4-14(9-11)20-21-19-13-7-5-12(16)6-8-13/h2-9,16H,10H2,1H3. The summed E-state index contributed by atoms with van der Waals surface area (Å²) in [6, 6.07) is 13.4. The summed E-state index contributed by atoms with van der Waals surface area (Å²) < 4.78 is 15.3. The number of ether oxygens (including phenoxy) is 1. The Hall–Kier alpha value is -2.34. The Bertz CT molecular complexity index is 597. The van der Waals surface area contributed by atoms with Crippen molar-refractivity contribution in [2.45, 2.75) is 6.42 Å². The SMILES string of the molecule is COC(=O)Cc1cccc(OSOc2ccc(O)cc2)c1. The van der Waals surface area contributed by atoms with E-state index in [1.54, 1.807) is 30.3 Å². The van der Waals surface area contributed by atoms with Crippen molar-refractivity contribution in [3.63, 3.8) is 0 Å². The third-order valence-corrected chi connectivity index (χ3v) is 3.09. The van der Waals surface area contributed by atoms with Crippen LogP contribution in [-0.2, 0) is 16.0 Å². The van der Waals surface area contributed by atoms with Gasteiger partial charge in [0.25, 0.3) is 12.3 Å². The third-order valence-electron chi connectivity index (χ3n) is 2.57. The zero-order valence-corrected chi connectivity index (χ0v) is 12.1. The smallest absolute Gasteiger partial charge is 0.309 e. The van der Waals surface area contributed by atoms with Gasteiger partial charge in [0.15, 0.2) is 0 Å². The summed E-state index contributed by atoms with van der Waals surface area (Å²) in [6.45, 7) is 0. The molecule has 6 heteroatoms. The first-order chi connectivity index (χ1) is 10.2. The van der Waals surface area contributed by atoms with Crippen LogP contribution in [0, 0.1) is 0 Å². The van der Waals surface area contributed by atoms with Gasteiger partial charge in [0.2, 0.25) is 0 Å². The predicted octanol–water partition coefficient (Wildman–Crippen LogP) is 3.13. The second kappa shape index (κ2) is 7.44. The van der Waals surface area contributed by atoms with Crippen LogP contribution in [0.2, 0.25) is 0 Å². The van der Waals surface area contributed by atoms with Crippen LogP contribution in [0.15, 0.2) is 48.5 Å². The fourth-order valence-electron chi connectivity index (χ4n) is 1.54. The molecule has 0 aliphatic heterocycles. The molecule has 21 heavy (non-hydrogen) atoms. The highest BCUT2D eigenvalue weighted by atomic mass is 32.2. The molecule has 1 N–H and O–H groups in total. The van der Waals surface area contributed by atoms with E-state index in [-0.39, 0.29) is 18.1 Å². The fourth-order valence-corrected chi connectivity index (χ4v) is 1.95. The molecule has 0 saturated heterocycles. The van der Waals surface area contributed by atoms with E-state index in [9.17, 15) is 4.79 Å². The van der Waals surface area contributed by atoms with Crippen LogP contribution < -0.4 is 8.37 Å². The molecule has 2 rings (SSSR count). The Morgan fingerprint density at radius 3 is 2.52 bits per heavy atom. The molecule has 2 aromatic rings. The van der Waals surface area contributed by atoms with E-state index in [0.29, 0.717) is 11.5 Å². The van der Waals surface area contributed by atoms with Gasteiger partial charge in [-0.25, -0.2) is 0 Å². The number of benzene rings is 2. The van der Waals surface area contributed by atoms with E-state index < -0.39 is 0 Å². The molecule has 0 heterocycles. The molecular weight excluding hydrogens is 292 g/mol. The normalized spacial score (nSPS) is 9.95. The van der Waals surface area contributed by atoms with Crippen LogP contribution in [0.5, 0.6) is 17.2 Å². The maximum atomic E-state index is 11.2. The van der Waals surface area contributed by atoms with Crippen molar-refractivity contribution in [1.29, 1.82) is 0 Å². The van der Waals surface area contributed by atoms with E-state index in [1.807, 2.05) is 6.07 Å². The van der Waals surface area contributed by atoms with E-state index in [0.717, 1.165) is 17.9 Å². The Morgan fingerprint density at radius 2 is 1.81 bits per heavy atom. The van der Waals surface area contributed by atoms with Crippen molar-refractivity contribution in [2.24, 2.45) is 0 Å². The second-order valence-electron chi connectivity index (χ2n) is 4.13. The van der Waals surface area contributed by atoms with Gasteiger partial charge in [-0.15, -0.1) is 0 Å². The maximum absolute atomic E-state index is 11.2. The Kier molecular flexibility index (Phi) is 5.34. The van der Waals surface area contributed by atoms with Gasteiger partial charge in [-0.05, 0) is 42.0 Å². The average Bonchev–Trinajstić information content (AvgIpc) is 2.49. The van der Waals surface area contributed by atoms with Crippen LogP contribution >= 0.6 is 12.3 Å². The molecule has 0 atom stereocenters. The molecule has 0 aliphatic carbocycles. The van der Waals surface area contributed by atoms with E-state index in [2.05, 4.69) is 4.74 Å².